The molecule has 0 aliphatic heterocycles. The Kier molecular flexibility index (Phi) is 9.53. The number of ether oxygens (including phenoxy) is 1. The summed E-state index contributed by atoms with van der Waals surface area (Å²) in [6.07, 6.45) is 12.7. The summed E-state index contributed by atoms with van der Waals surface area (Å²) in [5, 5.41) is 3.14. The van der Waals surface area contributed by atoms with Gasteiger partial charge in [0.05, 0.1) is 12.0 Å². The first-order valence-corrected chi connectivity index (χ1v) is 20.1. The van der Waals surface area contributed by atoms with Crippen LogP contribution in [0.25, 0.3) is 0 Å². The van der Waals surface area contributed by atoms with Gasteiger partial charge in [0, 0.05) is 24.4 Å². The standard InChI is InChI=1S/C45H68N2O4/c1-30(48)51-36-20-21-42(9)34(41(36,7)8)19-22-44(11)35(42)18-17-32-33-27-40(5,6)23-25-45(33,26-24-43(32,44)10)38(50)47(28-31-15-13-12-14-16-31)29-37(49)46-39(2,3)4/h12-17,33-36H,18-29H2,1-11H3,(H,46,49)/t33-,34-,35+,36-,42-,43+,44+,45-/m0/s1. The molecule has 5 aliphatic carbocycles. The van der Waals surface area contributed by atoms with Crippen molar-refractivity contribution >= 4 is 17.8 Å². The minimum atomic E-state index is -0.508. The van der Waals surface area contributed by atoms with Crippen molar-refractivity contribution in [3.05, 3.63) is 47.5 Å². The molecule has 8 atom stereocenters. The Labute approximate surface area is 309 Å². The molecule has 2 amide bonds. The van der Waals surface area contributed by atoms with Gasteiger partial charge in [0.25, 0.3) is 0 Å². The lowest BCUT2D eigenvalue weighted by atomic mass is 9.33. The molecule has 4 saturated carbocycles. The summed E-state index contributed by atoms with van der Waals surface area (Å²) in [6, 6.07) is 10.2. The fraction of sp³-hybridized carbons (Fsp3) is 0.756. The van der Waals surface area contributed by atoms with Gasteiger partial charge in [0.2, 0.25) is 11.8 Å². The average molecular weight is 701 g/mol. The average Bonchev–Trinajstić information content (AvgIpc) is 3.01. The van der Waals surface area contributed by atoms with E-state index in [-0.39, 0.29) is 69.0 Å². The zero-order chi connectivity index (χ0) is 37.4. The van der Waals surface area contributed by atoms with E-state index < -0.39 is 5.41 Å². The number of hydrogen-bond donors (Lipinski definition) is 1. The number of carbonyl (C=O) groups excluding carboxylic acids is 3. The number of nitrogens with one attached hydrogen (secondary N) is 1. The first kappa shape index (κ1) is 38.1. The lowest BCUT2D eigenvalue weighted by Crippen LogP contribution is -2.66. The van der Waals surface area contributed by atoms with Crippen LogP contribution in [-0.4, -0.2) is 40.9 Å². The number of allylic oxidation sites excluding steroid dienone is 2. The normalized spacial score (nSPS) is 38.1. The van der Waals surface area contributed by atoms with Gasteiger partial charge in [-0.15, -0.1) is 0 Å². The Morgan fingerprint density at radius 3 is 2.18 bits per heavy atom. The second kappa shape index (κ2) is 12.8. The van der Waals surface area contributed by atoms with Crippen LogP contribution in [0.4, 0.5) is 0 Å². The molecule has 1 aromatic carbocycles. The largest absolute Gasteiger partial charge is 0.462 e. The molecule has 0 radical (unpaired) electrons. The highest BCUT2D eigenvalue weighted by Crippen LogP contribution is 2.76. The highest BCUT2D eigenvalue weighted by atomic mass is 16.5. The molecule has 282 valence electrons. The van der Waals surface area contributed by atoms with Crippen molar-refractivity contribution in [2.75, 3.05) is 6.54 Å². The smallest absolute Gasteiger partial charge is 0.302 e. The zero-order valence-corrected chi connectivity index (χ0v) is 33.8. The lowest BCUT2D eigenvalue weighted by molar-refractivity contribution is -0.212. The minimum Gasteiger partial charge on any atom is -0.462 e. The van der Waals surface area contributed by atoms with Crippen molar-refractivity contribution in [3.63, 3.8) is 0 Å². The second-order valence-corrected chi connectivity index (χ2v) is 20.8. The number of hydrogen-bond acceptors (Lipinski definition) is 4. The van der Waals surface area contributed by atoms with Crippen molar-refractivity contribution in [2.24, 2.45) is 50.2 Å². The summed E-state index contributed by atoms with van der Waals surface area (Å²) in [4.78, 5) is 42.9. The predicted octanol–water partition coefficient (Wildman–Crippen LogP) is 9.66. The van der Waals surface area contributed by atoms with Crippen molar-refractivity contribution in [2.45, 2.75) is 159 Å². The first-order valence-electron chi connectivity index (χ1n) is 20.1. The maximum absolute atomic E-state index is 15.4. The Balaban J connectivity index is 1.38. The molecular weight excluding hydrogens is 633 g/mol. The quantitative estimate of drug-likeness (QED) is 0.237. The van der Waals surface area contributed by atoms with E-state index in [1.54, 1.807) is 12.5 Å². The first-order chi connectivity index (χ1) is 23.6. The number of fused-ring (bicyclic) bond motifs is 7. The molecule has 0 saturated heterocycles. The molecule has 6 rings (SSSR count). The van der Waals surface area contributed by atoms with Crippen LogP contribution in [0.5, 0.6) is 0 Å². The van der Waals surface area contributed by atoms with Crippen molar-refractivity contribution < 1.29 is 19.1 Å². The Bertz CT molecular complexity index is 1550. The molecule has 0 bridgehead atoms. The van der Waals surface area contributed by atoms with Crippen LogP contribution >= 0.6 is 0 Å². The number of carbonyl (C=O) groups is 3. The van der Waals surface area contributed by atoms with E-state index >= 15 is 4.79 Å². The number of benzene rings is 1. The third kappa shape index (κ3) is 6.41. The zero-order valence-electron chi connectivity index (χ0n) is 33.8. The summed E-state index contributed by atoms with van der Waals surface area (Å²) in [7, 11) is 0. The highest BCUT2D eigenvalue weighted by Gasteiger charge is 2.69. The van der Waals surface area contributed by atoms with Crippen LogP contribution < -0.4 is 5.32 Å². The third-order valence-corrected chi connectivity index (χ3v) is 15.7. The van der Waals surface area contributed by atoms with Crippen LogP contribution in [0.1, 0.15) is 146 Å². The van der Waals surface area contributed by atoms with Gasteiger partial charge in [-0.2, -0.15) is 0 Å². The van der Waals surface area contributed by atoms with Crippen molar-refractivity contribution in [1.82, 2.24) is 10.2 Å². The molecule has 51 heavy (non-hydrogen) atoms. The number of nitrogens with zero attached hydrogens (tertiary/aromatic N) is 1. The molecule has 1 aromatic rings. The SMILES string of the molecule is CC(=O)O[C@H]1CC[C@]2(C)[C@H]3CC=C4[C@@H]5CC(C)(C)CC[C@]5(C(=O)N(CC(=O)NC(C)(C)C)Cc5ccccc5)CC[C@@]4(C)[C@]3(C)CC[C@H]2C1(C)C. The van der Waals surface area contributed by atoms with E-state index in [4.69, 9.17) is 4.74 Å². The Hall–Kier alpha value is -2.63. The van der Waals surface area contributed by atoms with Gasteiger partial charge >= 0.3 is 5.97 Å². The van der Waals surface area contributed by atoms with Gasteiger partial charge < -0.3 is 15.0 Å². The van der Waals surface area contributed by atoms with Crippen molar-refractivity contribution in [3.8, 4) is 0 Å². The second-order valence-electron chi connectivity index (χ2n) is 20.8. The topological polar surface area (TPSA) is 75.7 Å². The Morgan fingerprint density at radius 2 is 1.53 bits per heavy atom. The maximum atomic E-state index is 15.4. The molecule has 6 nitrogen and oxygen atoms in total. The summed E-state index contributed by atoms with van der Waals surface area (Å²) in [6.45, 7) is 25.3. The fourth-order valence-electron chi connectivity index (χ4n) is 13.0. The molecule has 4 fully saturated rings. The Morgan fingerprint density at radius 1 is 0.863 bits per heavy atom. The van der Waals surface area contributed by atoms with Crippen LogP contribution in [0.3, 0.4) is 0 Å². The summed E-state index contributed by atoms with van der Waals surface area (Å²) in [5.74, 6) is 1.10. The molecule has 6 heteroatoms. The van der Waals surface area contributed by atoms with Crippen LogP contribution in [0.2, 0.25) is 0 Å². The predicted molar refractivity (Wildman–Crippen MR) is 204 cm³/mol. The monoisotopic (exact) mass is 701 g/mol. The maximum Gasteiger partial charge on any atom is 0.302 e. The van der Waals surface area contributed by atoms with E-state index in [0.29, 0.717) is 18.4 Å². The third-order valence-electron chi connectivity index (χ3n) is 15.7. The molecule has 0 aromatic heterocycles. The number of esters is 1. The summed E-state index contributed by atoms with van der Waals surface area (Å²) >= 11 is 0. The summed E-state index contributed by atoms with van der Waals surface area (Å²) < 4.78 is 5.97. The molecule has 1 N–H and O–H groups in total. The minimum absolute atomic E-state index is 0.00346. The molecule has 5 aliphatic rings. The van der Waals surface area contributed by atoms with Gasteiger partial charge in [-0.25, -0.2) is 0 Å². The molecule has 0 spiro atoms. The summed E-state index contributed by atoms with van der Waals surface area (Å²) in [5.41, 5.74) is 2.05. The van der Waals surface area contributed by atoms with Crippen LogP contribution in [-0.2, 0) is 25.7 Å². The lowest BCUT2D eigenvalue weighted by Gasteiger charge is -2.71. The van der Waals surface area contributed by atoms with Crippen LogP contribution in [0, 0.1) is 50.2 Å². The van der Waals surface area contributed by atoms with E-state index in [2.05, 4.69) is 72.0 Å². The molecule has 0 unspecified atom stereocenters. The van der Waals surface area contributed by atoms with Gasteiger partial charge in [0.15, 0.2) is 0 Å². The van der Waals surface area contributed by atoms with Gasteiger partial charge in [-0.3, -0.25) is 14.4 Å². The van der Waals surface area contributed by atoms with Crippen LogP contribution in [0.15, 0.2) is 42.0 Å². The fourth-order valence-corrected chi connectivity index (χ4v) is 13.0. The van der Waals surface area contributed by atoms with E-state index in [9.17, 15) is 9.59 Å². The number of amides is 2. The van der Waals surface area contributed by atoms with E-state index in [1.165, 1.54) is 0 Å². The van der Waals surface area contributed by atoms with Gasteiger partial charge in [-0.1, -0.05) is 90.4 Å². The molecule has 0 heterocycles. The number of rotatable bonds is 6. The molecular formula is C45H68N2O4. The highest BCUT2D eigenvalue weighted by molar-refractivity contribution is 5.89. The van der Waals surface area contributed by atoms with Crippen molar-refractivity contribution in [1.29, 1.82) is 0 Å². The van der Waals surface area contributed by atoms with Gasteiger partial charge in [0.1, 0.15) is 6.10 Å². The van der Waals surface area contributed by atoms with E-state index in [0.717, 1.165) is 69.8 Å². The van der Waals surface area contributed by atoms with E-state index in [1.807, 2.05) is 43.9 Å². The van der Waals surface area contributed by atoms with Gasteiger partial charge in [-0.05, 0) is 130 Å².